The summed E-state index contributed by atoms with van der Waals surface area (Å²) in [6.07, 6.45) is 4.21. The second kappa shape index (κ2) is 6.39. The maximum atomic E-state index is 12.3. The molecule has 6 nitrogen and oxygen atoms in total. The van der Waals surface area contributed by atoms with Crippen LogP contribution < -0.4 is 5.32 Å². The molecule has 1 amide bonds. The Morgan fingerprint density at radius 2 is 1.96 bits per heavy atom. The van der Waals surface area contributed by atoms with Crippen molar-refractivity contribution in [2.45, 2.75) is 25.2 Å². The van der Waals surface area contributed by atoms with Crippen molar-refractivity contribution in [3.8, 4) is 0 Å². The van der Waals surface area contributed by atoms with Crippen LogP contribution in [0.5, 0.6) is 0 Å². The number of rotatable bonds is 6. The number of H-pyrrole nitrogens is 2. The Balaban J connectivity index is 1.41. The summed E-state index contributed by atoms with van der Waals surface area (Å²) in [7, 11) is 0. The Hall–Kier alpha value is -3.15. The van der Waals surface area contributed by atoms with Crippen LogP contribution in [-0.2, 0) is 6.42 Å². The quantitative estimate of drug-likeness (QED) is 0.604. The first-order valence-corrected chi connectivity index (χ1v) is 8.31. The minimum atomic E-state index is -0.312. The molecule has 0 spiro atoms. The van der Waals surface area contributed by atoms with Crippen LogP contribution in [0.25, 0.3) is 0 Å². The number of anilines is 1. The van der Waals surface area contributed by atoms with Gasteiger partial charge in [-0.2, -0.15) is 5.10 Å². The third-order valence-corrected chi connectivity index (χ3v) is 4.31. The van der Waals surface area contributed by atoms with E-state index in [4.69, 9.17) is 0 Å². The number of amides is 1. The number of hydrogen-bond acceptors (Lipinski definition) is 3. The zero-order valence-corrected chi connectivity index (χ0v) is 13.6. The molecule has 0 atom stereocenters. The second-order valence-corrected chi connectivity index (χ2v) is 6.32. The first-order chi connectivity index (χ1) is 12.2. The van der Waals surface area contributed by atoms with E-state index in [1.165, 1.54) is 12.8 Å². The first kappa shape index (κ1) is 15.4. The average molecular weight is 334 g/mol. The minimum Gasteiger partial charge on any atom is -0.356 e. The topological polar surface area (TPSA) is 90.6 Å². The van der Waals surface area contributed by atoms with Crippen molar-refractivity contribution in [2.75, 3.05) is 5.32 Å². The highest BCUT2D eigenvalue weighted by atomic mass is 16.2. The zero-order valence-electron chi connectivity index (χ0n) is 13.6. The lowest BCUT2D eigenvalue weighted by Crippen LogP contribution is -2.12. The van der Waals surface area contributed by atoms with E-state index in [1.807, 2.05) is 36.4 Å². The third kappa shape index (κ3) is 3.52. The van der Waals surface area contributed by atoms with Gasteiger partial charge < -0.3 is 10.3 Å². The van der Waals surface area contributed by atoms with E-state index >= 15 is 0 Å². The molecule has 4 rings (SSSR count). The molecule has 3 aromatic rings. The number of aromatic amines is 2. The summed E-state index contributed by atoms with van der Waals surface area (Å²) in [6, 6.07) is 13.0. The Kier molecular flexibility index (Phi) is 3.93. The van der Waals surface area contributed by atoms with E-state index in [2.05, 4.69) is 20.5 Å². The van der Waals surface area contributed by atoms with Gasteiger partial charge in [0, 0.05) is 35.9 Å². The molecule has 25 heavy (non-hydrogen) atoms. The lowest BCUT2D eigenvalue weighted by atomic mass is 10.1. The van der Waals surface area contributed by atoms with Gasteiger partial charge in [-0.05, 0) is 24.5 Å². The fourth-order valence-electron chi connectivity index (χ4n) is 2.76. The van der Waals surface area contributed by atoms with Crippen LogP contribution in [-0.4, -0.2) is 26.9 Å². The van der Waals surface area contributed by atoms with Gasteiger partial charge in [-0.1, -0.05) is 30.3 Å². The van der Waals surface area contributed by atoms with E-state index in [-0.39, 0.29) is 11.7 Å². The highest BCUT2D eigenvalue weighted by molar-refractivity contribution is 6.05. The molecular weight excluding hydrogens is 316 g/mol. The number of nitrogens with one attached hydrogen (secondary N) is 3. The molecule has 0 saturated heterocycles. The second-order valence-electron chi connectivity index (χ2n) is 6.32. The van der Waals surface area contributed by atoms with Gasteiger partial charge in [-0.25, -0.2) is 0 Å². The van der Waals surface area contributed by atoms with Gasteiger partial charge >= 0.3 is 0 Å². The lowest BCUT2D eigenvalue weighted by molar-refractivity contribution is 0.0992. The Morgan fingerprint density at radius 3 is 2.72 bits per heavy atom. The van der Waals surface area contributed by atoms with Gasteiger partial charge in [0.25, 0.3) is 5.91 Å². The number of carbonyl (C=O) groups is 2. The van der Waals surface area contributed by atoms with Crippen LogP contribution in [0.4, 0.5) is 5.82 Å². The minimum absolute atomic E-state index is 0.0303. The summed E-state index contributed by atoms with van der Waals surface area (Å²) in [5, 5.41) is 9.79. The number of hydrogen-bond donors (Lipinski definition) is 3. The van der Waals surface area contributed by atoms with Gasteiger partial charge in [-0.15, -0.1) is 0 Å². The molecule has 2 heterocycles. The van der Waals surface area contributed by atoms with Crippen LogP contribution in [0.15, 0.2) is 48.7 Å². The molecule has 0 bridgehead atoms. The smallest absolute Gasteiger partial charge is 0.273 e. The number of benzene rings is 1. The van der Waals surface area contributed by atoms with Crippen molar-refractivity contribution in [2.24, 2.45) is 0 Å². The van der Waals surface area contributed by atoms with Crippen molar-refractivity contribution in [1.29, 1.82) is 0 Å². The van der Waals surface area contributed by atoms with Gasteiger partial charge in [0.2, 0.25) is 0 Å². The largest absolute Gasteiger partial charge is 0.356 e. The fourth-order valence-corrected chi connectivity index (χ4v) is 2.76. The van der Waals surface area contributed by atoms with E-state index in [0.29, 0.717) is 29.4 Å². The number of Topliss-reactive ketones (excluding diaryl/α,β-unsaturated/α-hetero) is 1. The van der Waals surface area contributed by atoms with Crippen LogP contribution >= 0.6 is 0 Å². The van der Waals surface area contributed by atoms with Crippen LogP contribution in [0.1, 0.15) is 50.9 Å². The number of aromatic nitrogens is 3. The van der Waals surface area contributed by atoms with Crippen LogP contribution in [0.3, 0.4) is 0 Å². The lowest BCUT2D eigenvalue weighted by Gasteiger charge is -1.99. The number of carbonyl (C=O) groups excluding carboxylic acids is 2. The Labute approximate surface area is 144 Å². The van der Waals surface area contributed by atoms with Crippen molar-refractivity contribution in [3.05, 3.63) is 71.2 Å². The molecule has 1 aromatic carbocycles. The predicted molar refractivity (Wildman–Crippen MR) is 93.8 cm³/mol. The molecule has 0 radical (unpaired) electrons. The molecule has 126 valence electrons. The summed E-state index contributed by atoms with van der Waals surface area (Å²) in [4.78, 5) is 27.5. The predicted octanol–water partition coefficient (Wildman–Crippen LogP) is 3.29. The van der Waals surface area contributed by atoms with Crippen molar-refractivity contribution >= 4 is 17.5 Å². The van der Waals surface area contributed by atoms with Crippen molar-refractivity contribution < 1.29 is 9.59 Å². The van der Waals surface area contributed by atoms with Gasteiger partial charge in [0.1, 0.15) is 5.69 Å². The van der Waals surface area contributed by atoms with E-state index in [0.717, 1.165) is 11.3 Å². The molecule has 1 aliphatic rings. The van der Waals surface area contributed by atoms with Crippen LogP contribution in [0, 0.1) is 0 Å². The molecule has 1 aliphatic carbocycles. The molecule has 6 heteroatoms. The summed E-state index contributed by atoms with van der Waals surface area (Å²) in [5.74, 6) is 0.703. The first-order valence-electron chi connectivity index (χ1n) is 8.31. The Morgan fingerprint density at radius 1 is 1.16 bits per heavy atom. The van der Waals surface area contributed by atoms with E-state index < -0.39 is 0 Å². The highest BCUT2D eigenvalue weighted by Gasteiger charge is 2.25. The maximum Gasteiger partial charge on any atom is 0.273 e. The van der Waals surface area contributed by atoms with E-state index in [1.54, 1.807) is 12.3 Å². The molecule has 1 fully saturated rings. The monoisotopic (exact) mass is 334 g/mol. The Bertz CT molecular complexity index is 906. The van der Waals surface area contributed by atoms with Crippen molar-refractivity contribution in [1.82, 2.24) is 15.2 Å². The fraction of sp³-hybridized carbons (Fsp3) is 0.211. The molecular formula is C19H18N4O2. The zero-order chi connectivity index (χ0) is 17.2. The number of ketones is 1. The molecule has 0 unspecified atom stereocenters. The average Bonchev–Trinajstić information content (AvgIpc) is 3.16. The summed E-state index contributed by atoms with van der Waals surface area (Å²) in [6.45, 7) is 0. The molecule has 3 N–H and O–H groups in total. The number of nitrogens with zero attached hydrogens (tertiary/aromatic N) is 1. The SMILES string of the molecule is O=C(Cc1ccccc1)c1c[nH]c(C(=O)Nc2cc(C3CC3)[nH]n2)c1. The van der Waals surface area contributed by atoms with Crippen LogP contribution in [0.2, 0.25) is 0 Å². The standard InChI is InChI=1S/C19H18N4O2/c24-17(8-12-4-2-1-3-5-12)14-9-16(20-11-14)19(25)21-18-10-15(22-23-18)13-6-7-13/h1-5,9-11,13,20H,6-8H2,(H2,21,22,23,25). The molecule has 0 aliphatic heterocycles. The molecule has 1 saturated carbocycles. The normalized spacial score (nSPS) is 13.6. The van der Waals surface area contributed by atoms with Gasteiger partial charge in [0.05, 0.1) is 0 Å². The van der Waals surface area contributed by atoms with Crippen molar-refractivity contribution in [3.63, 3.8) is 0 Å². The molecule has 2 aromatic heterocycles. The maximum absolute atomic E-state index is 12.3. The third-order valence-electron chi connectivity index (χ3n) is 4.31. The summed E-state index contributed by atoms with van der Waals surface area (Å²) in [5.41, 5.74) is 2.84. The summed E-state index contributed by atoms with van der Waals surface area (Å²) < 4.78 is 0. The highest BCUT2D eigenvalue weighted by Crippen LogP contribution is 2.39. The van der Waals surface area contributed by atoms with E-state index in [9.17, 15) is 9.59 Å². The van der Waals surface area contributed by atoms with Gasteiger partial charge in [0.15, 0.2) is 11.6 Å². The van der Waals surface area contributed by atoms with Gasteiger partial charge in [-0.3, -0.25) is 14.7 Å². The summed E-state index contributed by atoms with van der Waals surface area (Å²) >= 11 is 0.